The standard InChI is InChI=1S/C25H28FN5O/c1-17(2)29-25-28-16-20(22-9-5-6-12-27-22)24(30-25)18-10-13-31(14-11-18)23(32)15-19-7-3-4-8-21(19)26/h3-9,12,16-18H,10-11,13-15H2,1-2H3,(H,28,29,30). The van der Waals surface area contributed by atoms with Gasteiger partial charge in [-0.15, -0.1) is 0 Å². The van der Waals surface area contributed by atoms with E-state index in [-0.39, 0.29) is 30.1 Å². The molecule has 3 aromatic rings. The number of aromatic nitrogens is 3. The number of piperidine rings is 1. The number of likely N-dealkylation sites (tertiary alicyclic amines) is 1. The third kappa shape index (κ3) is 5.10. The van der Waals surface area contributed by atoms with Gasteiger partial charge in [-0.1, -0.05) is 24.3 Å². The Kier molecular flexibility index (Phi) is 6.73. The average Bonchev–Trinajstić information content (AvgIpc) is 2.81. The number of pyridine rings is 1. The highest BCUT2D eigenvalue weighted by Crippen LogP contribution is 2.34. The van der Waals surface area contributed by atoms with Crippen molar-refractivity contribution in [2.24, 2.45) is 0 Å². The molecule has 2 aromatic heterocycles. The van der Waals surface area contributed by atoms with Crippen LogP contribution in [0.25, 0.3) is 11.3 Å². The van der Waals surface area contributed by atoms with E-state index in [0.717, 1.165) is 29.8 Å². The van der Waals surface area contributed by atoms with Crippen molar-refractivity contribution in [1.29, 1.82) is 0 Å². The SMILES string of the molecule is CC(C)Nc1ncc(-c2ccccn2)c(C2CCN(C(=O)Cc3ccccc3F)CC2)n1. The number of hydrogen-bond donors (Lipinski definition) is 1. The first-order valence-electron chi connectivity index (χ1n) is 11.1. The topological polar surface area (TPSA) is 71.0 Å². The molecular formula is C25H28FN5O. The molecule has 0 atom stereocenters. The van der Waals surface area contributed by atoms with Crippen molar-refractivity contribution in [1.82, 2.24) is 19.9 Å². The van der Waals surface area contributed by atoms with Crippen molar-refractivity contribution in [3.63, 3.8) is 0 Å². The van der Waals surface area contributed by atoms with E-state index in [0.29, 0.717) is 24.6 Å². The van der Waals surface area contributed by atoms with Crippen LogP contribution in [0.1, 0.15) is 43.9 Å². The van der Waals surface area contributed by atoms with Crippen LogP contribution < -0.4 is 5.32 Å². The Bertz CT molecular complexity index is 1060. The van der Waals surface area contributed by atoms with Gasteiger partial charge in [0.15, 0.2) is 0 Å². The molecule has 0 unspecified atom stereocenters. The van der Waals surface area contributed by atoms with Crippen LogP contribution in [-0.4, -0.2) is 44.9 Å². The van der Waals surface area contributed by atoms with Gasteiger partial charge in [0.1, 0.15) is 5.82 Å². The lowest BCUT2D eigenvalue weighted by Crippen LogP contribution is -2.39. The van der Waals surface area contributed by atoms with E-state index in [2.05, 4.69) is 29.1 Å². The number of carbonyl (C=O) groups is 1. The van der Waals surface area contributed by atoms with Gasteiger partial charge in [-0.3, -0.25) is 9.78 Å². The highest BCUT2D eigenvalue weighted by molar-refractivity contribution is 5.79. The molecule has 1 aliphatic rings. The number of hydrogen-bond acceptors (Lipinski definition) is 5. The van der Waals surface area contributed by atoms with Gasteiger partial charge in [-0.25, -0.2) is 14.4 Å². The molecular weight excluding hydrogens is 405 g/mol. The molecule has 1 N–H and O–H groups in total. The Hall–Kier alpha value is -3.35. The fourth-order valence-corrected chi connectivity index (χ4v) is 4.07. The number of amides is 1. The summed E-state index contributed by atoms with van der Waals surface area (Å²) in [5.41, 5.74) is 3.17. The second-order valence-corrected chi connectivity index (χ2v) is 8.43. The van der Waals surface area contributed by atoms with E-state index in [9.17, 15) is 9.18 Å². The molecule has 166 valence electrons. The smallest absolute Gasteiger partial charge is 0.227 e. The van der Waals surface area contributed by atoms with Gasteiger partial charge >= 0.3 is 0 Å². The Morgan fingerprint density at radius 2 is 1.88 bits per heavy atom. The van der Waals surface area contributed by atoms with Gasteiger partial charge in [0.05, 0.1) is 17.8 Å². The predicted octanol–water partition coefficient (Wildman–Crippen LogP) is 4.45. The normalized spacial score (nSPS) is 14.6. The van der Waals surface area contributed by atoms with Crippen molar-refractivity contribution in [3.05, 3.63) is 71.9 Å². The molecule has 1 aromatic carbocycles. The monoisotopic (exact) mass is 433 g/mol. The maximum absolute atomic E-state index is 13.9. The van der Waals surface area contributed by atoms with Crippen molar-refractivity contribution in [3.8, 4) is 11.3 Å². The van der Waals surface area contributed by atoms with Crippen LogP contribution in [0.3, 0.4) is 0 Å². The second kappa shape index (κ2) is 9.85. The Balaban J connectivity index is 1.50. The summed E-state index contributed by atoms with van der Waals surface area (Å²) >= 11 is 0. The molecule has 1 aliphatic heterocycles. The zero-order valence-electron chi connectivity index (χ0n) is 18.5. The summed E-state index contributed by atoms with van der Waals surface area (Å²) in [6.07, 6.45) is 5.28. The molecule has 0 aliphatic carbocycles. The van der Waals surface area contributed by atoms with E-state index in [4.69, 9.17) is 4.98 Å². The van der Waals surface area contributed by atoms with E-state index < -0.39 is 0 Å². The molecule has 32 heavy (non-hydrogen) atoms. The fourth-order valence-electron chi connectivity index (χ4n) is 4.07. The van der Waals surface area contributed by atoms with Gasteiger partial charge < -0.3 is 10.2 Å². The van der Waals surface area contributed by atoms with E-state index in [1.807, 2.05) is 29.3 Å². The number of rotatable bonds is 6. The van der Waals surface area contributed by atoms with Crippen LogP contribution in [0.2, 0.25) is 0 Å². The Morgan fingerprint density at radius 3 is 2.56 bits per heavy atom. The molecule has 0 saturated carbocycles. The number of nitrogens with one attached hydrogen (secondary N) is 1. The lowest BCUT2D eigenvalue weighted by atomic mass is 9.89. The zero-order valence-corrected chi connectivity index (χ0v) is 18.5. The minimum atomic E-state index is -0.332. The minimum absolute atomic E-state index is 0.0386. The first-order chi connectivity index (χ1) is 15.5. The number of nitrogens with zero attached hydrogens (tertiary/aromatic N) is 4. The maximum atomic E-state index is 13.9. The van der Waals surface area contributed by atoms with Gasteiger partial charge in [0.25, 0.3) is 0 Å². The van der Waals surface area contributed by atoms with Crippen LogP contribution in [0.15, 0.2) is 54.9 Å². The first kappa shape index (κ1) is 21.9. The summed E-state index contributed by atoms with van der Waals surface area (Å²) in [5, 5.41) is 3.28. The average molecular weight is 434 g/mol. The highest BCUT2D eigenvalue weighted by atomic mass is 19.1. The molecule has 0 radical (unpaired) electrons. The van der Waals surface area contributed by atoms with Crippen LogP contribution in [0, 0.1) is 5.82 Å². The molecule has 1 fully saturated rings. The summed E-state index contributed by atoms with van der Waals surface area (Å²) in [5.74, 6) is 0.429. The van der Waals surface area contributed by atoms with Crippen molar-refractivity contribution in [2.45, 2.75) is 45.1 Å². The highest BCUT2D eigenvalue weighted by Gasteiger charge is 2.28. The molecule has 0 bridgehead atoms. The lowest BCUT2D eigenvalue weighted by molar-refractivity contribution is -0.131. The quantitative estimate of drug-likeness (QED) is 0.622. The number of carbonyl (C=O) groups excluding carboxylic acids is 1. The summed E-state index contributed by atoms with van der Waals surface area (Å²) in [6.45, 7) is 5.35. The molecule has 1 saturated heterocycles. The molecule has 7 heteroatoms. The fraction of sp³-hybridized carbons (Fsp3) is 0.360. The minimum Gasteiger partial charge on any atom is -0.352 e. The van der Waals surface area contributed by atoms with Crippen molar-refractivity contribution < 1.29 is 9.18 Å². The third-order valence-electron chi connectivity index (χ3n) is 5.71. The van der Waals surface area contributed by atoms with E-state index in [1.54, 1.807) is 24.4 Å². The summed E-state index contributed by atoms with van der Waals surface area (Å²) in [7, 11) is 0. The van der Waals surface area contributed by atoms with Crippen molar-refractivity contribution >= 4 is 11.9 Å². The molecule has 3 heterocycles. The van der Waals surface area contributed by atoms with Crippen molar-refractivity contribution in [2.75, 3.05) is 18.4 Å². The molecule has 0 spiro atoms. The predicted molar refractivity (Wildman–Crippen MR) is 123 cm³/mol. The molecule has 4 rings (SSSR count). The van der Waals surface area contributed by atoms with Crippen LogP contribution in [0.5, 0.6) is 0 Å². The second-order valence-electron chi connectivity index (χ2n) is 8.43. The maximum Gasteiger partial charge on any atom is 0.227 e. The lowest BCUT2D eigenvalue weighted by Gasteiger charge is -2.32. The summed E-state index contributed by atoms with van der Waals surface area (Å²) in [4.78, 5) is 28.4. The largest absolute Gasteiger partial charge is 0.352 e. The van der Waals surface area contributed by atoms with Gasteiger partial charge in [-0.05, 0) is 50.5 Å². The number of halogens is 1. The summed E-state index contributed by atoms with van der Waals surface area (Å²) < 4.78 is 13.9. The summed E-state index contributed by atoms with van der Waals surface area (Å²) in [6, 6.07) is 12.5. The molecule has 6 nitrogen and oxygen atoms in total. The van der Waals surface area contributed by atoms with Crippen LogP contribution in [-0.2, 0) is 11.2 Å². The van der Waals surface area contributed by atoms with Crippen LogP contribution in [0.4, 0.5) is 10.3 Å². The number of anilines is 1. The first-order valence-corrected chi connectivity index (χ1v) is 11.1. The number of benzene rings is 1. The zero-order chi connectivity index (χ0) is 22.5. The van der Waals surface area contributed by atoms with Gasteiger partial charge in [0.2, 0.25) is 11.9 Å². The Morgan fingerprint density at radius 1 is 1.12 bits per heavy atom. The Labute approximate surface area is 187 Å². The van der Waals surface area contributed by atoms with Gasteiger partial charge in [-0.2, -0.15) is 0 Å². The molecule has 1 amide bonds. The van der Waals surface area contributed by atoms with Crippen LogP contribution >= 0.6 is 0 Å². The van der Waals surface area contributed by atoms with E-state index >= 15 is 0 Å². The van der Waals surface area contributed by atoms with E-state index in [1.165, 1.54) is 6.07 Å². The third-order valence-corrected chi connectivity index (χ3v) is 5.71. The van der Waals surface area contributed by atoms with Gasteiger partial charge in [0, 0.05) is 43.0 Å².